The van der Waals surface area contributed by atoms with Gasteiger partial charge in [0, 0.05) is 13.1 Å². The van der Waals surface area contributed by atoms with Crippen molar-refractivity contribution in [2.75, 3.05) is 18.4 Å². The van der Waals surface area contributed by atoms with Crippen LogP contribution in [-0.2, 0) is 10.0 Å². The Hall–Kier alpha value is -1.97. The van der Waals surface area contributed by atoms with Gasteiger partial charge in [-0.25, -0.2) is 13.4 Å². The fraction of sp³-hybridized carbons (Fsp3) is 0.444. The van der Waals surface area contributed by atoms with E-state index >= 15 is 0 Å². The molecule has 2 aromatic rings. The average Bonchev–Trinajstić information content (AvgIpc) is 3.03. The summed E-state index contributed by atoms with van der Waals surface area (Å²) in [4.78, 5) is 17.1. The van der Waals surface area contributed by atoms with E-state index in [9.17, 15) is 13.2 Å². The number of ether oxygens (including phenoxy) is 1. The zero-order chi connectivity index (χ0) is 20.2. The van der Waals surface area contributed by atoms with Crippen molar-refractivity contribution in [1.29, 1.82) is 0 Å². The smallest absolute Gasteiger partial charge is 0.267 e. The standard InChI is InChI=1S/C18H25N3O4S2/c1-6-21(7-2)27(23,24)14-8-9-16(25-12(3)4)15(10-14)20-18(22)17-11-19-13(5)26-17/h8-12H,6-7H2,1-5H3,(H,20,22). The number of nitrogens with one attached hydrogen (secondary N) is 1. The van der Waals surface area contributed by atoms with Crippen LogP contribution in [0.15, 0.2) is 29.3 Å². The maximum Gasteiger partial charge on any atom is 0.267 e. The minimum atomic E-state index is -3.65. The normalized spacial score (nSPS) is 11.8. The first-order chi connectivity index (χ1) is 12.7. The van der Waals surface area contributed by atoms with Crippen LogP contribution in [0, 0.1) is 6.92 Å². The number of rotatable bonds is 8. The molecular formula is C18H25N3O4S2. The number of anilines is 1. The molecule has 0 atom stereocenters. The Morgan fingerprint density at radius 1 is 1.30 bits per heavy atom. The van der Waals surface area contributed by atoms with E-state index in [0.717, 1.165) is 5.01 Å². The second-order valence-corrected chi connectivity index (χ2v) is 9.28. The van der Waals surface area contributed by atoms with Crippen LogP contribution in [0.5, 0.6) is 5.75 Å². The van der Waals surface area contributed by atoms with E-state index in [1.54, 1.807) is 19.9 Å². The Morgan fingerprint density at radius 3 is 2.48 bits per heavy atom. The van der Waals surface area contributed by atoms with Crippen LogP contribution in [0.1, 0.15) is 42.4 Å². The van der Waals surface area contributed by atoms with E-state index < -0.39 is 10.0 Å². The summed E-state index contributed by atoms with van der Waals surface area (Å²) in [6.45, 7) is 9.83. The summed E-state index contributed by atoms with van der Waals surface area (Å²) in [6.07, 6.45) is 1.37. The molecule has 0 radical (unpaired) electrons. The van der Waals surface area contributed by atoms with Crippen molar-refractivity contribution in [2.45, 2.75) is 45.6 Å². The van der Waals surface area contributed by atoms with E-state index in [1.807, 2.05) is 20.8 Å². The number of amides is 1. The van der Waals surface area contributed by atoms with Crippen LogP contribution < -0.4 is 10.1 Å². The molecule has 7 nitrogen and oxygen atoms in total. The van der Waals surface area contributed by atoms with E-state index in [0.29, 0.717) is 29.4 Å². The molecule has 0 saturated heterocycles. The second-order valence-electron chi connectivity index (χ2n) is 6.11. The zero-order valence-electron chi connectivity index (χ0n) is 16.1. The molecule has 27 heavy (non-hydrogen) atoms. The lowest BCUT2D eigenvalue weighted by molar-refractivity contribution is 0.102. The third kappa shape index (κ3) is 5.06. The van der Waals surface area contributed by atoms with Gasteiger partial charge in [0.25, 0.3) is 5.91 Å². The molecule has 0 aliphatic carbocycles. The monoisotopic (exact) mass is 411 g/mol. The van der Waals surface area contributed by atoms with E-state index in [-0.39, 0.29) is 16.9 Å². The lowest BCUT2D eigenvalue weighted by Crippen LogP contribution is -2.30. The van der Waals surface area contributed by atoms with Crippen LogP contribution in [-0.4, -0.2) is 42.8 Å². The number of aryl methyl sites for hydroxylation is 1. The van der Waals surface area contributed by atoms with Crippen LogP contribution in [0.3, 0.4) is 0 Å². The molecule has 1 aromatic carbocycles. The Bertz CT molecular complexity index is 903. The van der Waals surface area contributed by atoms with Crippen molar-refractivity contribution in [3.05, 3.63) is 34.3 Å². The molecule has 1 heterocycles. The number of sulfonamides is 1. The molecule has 0 aliphatic rings. The average molecular weight is 412 g/mol. The molecule has 0 saturated carbocycles. The van der Waals surface area contributed by atoms with Gasteiger partial charge in [-0.1, -0.05) is 13.8 Å². The van der Waals surface area contributed by atoms with E-state index in [1.165, 1.54) is 34.0 Å². The topological polar surface area (TPSA) is 88.6 Å². The number of carbonyl (C=O) groups is 1. The predicted octanol–water partition coefficient (Wildman–Crippen LogP) is 3.52. The van der Waals surface area contributed by atoms with Crippen LogP contribution in [0.2, 0.25) is 0 Å². The highest BCUT2D eigenvalue weighted by Crippen LogP contribution is 2.31. The van der Waals surface area contributed by atoms with Crippen molar-refractivity contribution >= 4 is 33.0 Å². The van der Waals surface area contributed by atoms with Gasteiger partial charge in [0.15, 0.2) is 0 Å². The molecule has 0 spiro atoms. The number of aromatic nitrogens is 1. The lowest BCUT2D eigenvalue weighted by atomic mass is 10.2. The SMILES string of the molecule is CCN(CC)S(=O)(=O)c1ccc(OC(C)C)c(NC(=O)c2cnc(C)s2)c1. The number of hydrogen-bond acceptors (Lipinski definition) is 6. The summed E-state index contributed by atoms with van der Waals surface area (Å²) in [6, 6.07) is 4.51. The maximum atomic E-state index is 12.8. The second kappa shape index (κ2) is 8.81. The van der Waals surface area contributed by atoms with E-state index in [2.05, 4.69) is 10.3 Å². The molecule has 0 bridgehead atoms. The highest BCUT2D eigenvalue weighted by atomic mass is 32.2. The third-order valence-corrected chi connectivity index (χ3v) is 6.71. The number of carbonyl (C=O) groups excluding carboxylic acids is 1. The van der Waals surface area contributed by atoms with Crippen molar-refractivity contribution in [3.8, 4) is 5.75 Å². The molecule has 148 valence electrons. The number of benzene rings is 1. The van der Waals surface area contributed by atoms with Crippen molar-refractivity contribution in [2.24, 2.45) is 0 Å². The third-order valence-electron chi connectivity index (χ3n) is 3.75. The number of hydrogen-bond donors (Lipinski definition) is 1. The largest absolute Gasteiger partial charge is 0.489 e. The summed E-state index contributed by atoms with van der Waals surface area (Å²) in [5.74, 6) is 0.0599. The van der Waals surface area contributed by atoms with E-state index in [4.69, 9.17) is 4.74 Å². The molecule has 9 heteroatoms. The van der Waals surface area contributed by atoms with Gasteiger partial charge in [-0.15, -0.1) is 11.3 Å². The minimum absolute atomic E-state index is 0.109. The van der Waals surface area contributed by atoms with Gasteiger partial charge < -0.3 is 10.1 Å². The fourth-order valence-electron chi connectivity index (χ4n) is 2.49. The number of nitrogens with zero attached hydrogens (tertiary/aromatic N) is 2. The molecule has 0 fully saturated rings. The van der Waals surface area contributed by atoms with Gasteiger partial charge in [-0.05, 0) is 39.0 Å². The van der Waals surface area contributed by atoms with Gasteiger partial charge in [0.2, 0.25) is 10.0 Å². The summed E-state index contributed by atoms with van der Waals surface area (Å²) in [5.41, 5.74) is 0.313. The van der Waals surface area contributed by atoms with Crippen LogP contribution >= 0.6 is 11.3 Å². The molecule has 1 amide bonds. The highest BCUT2D eigenvalue weighted by Gasteiger charge is 2.24. The quantitative estimate of drug-likeness (QED) is 0.718. The van der Waals surface area contributed by atoms with Crippen LogP contribution in [0.25, 0.3) is 0 Å². The van der Waals surface area contributed by atoms with Crippen molar-refractivity contribution in [1.82, 2.24) is 9.29 Å². The Labute approximate surface area is 164 Å². The fourth-order valence-corrected chi connectivity index (χ4v) is 4.64. The molecule has 0 unspecified atom stereocenters. The van der Waals surface area contributed by atoms with Crippen molar-refractivity contribution < 1.29 is 17.9 Å². The molecule has 1 aromatic heterocycles. The lowest BCUT2D eigenvalue weighted by Gasteiger charge is -2.20. The van der Waals surface area contributed by atoms with Gasteiger partial charge in [0.1, 0.15) is 10.6 Å². The van der Waals surface area contributed by atoms with Crippen LogP contribution in [0.4, 0.5) is 5.69 Å². The highest BCUT2D eigenvalue weighted by molar-refractivity contribution is 7.89. The van der Waals surface area contributed by atoms with Gasteiger partial charge >= 0.3 is 0 Å². The molecule has 2 rings (SSSR count). The maximum absolute atomic E-state index is 12.8. The number of thiazole rings is 1. The first-order valence-electron chi connectivity index (χ1n) is 8.73. The predicted molar refractivity (Wildman–Crippen MR) is 107 cm³/mol. The first kappa shape index (κ1) is 21.3. The van der Waals surface area contributed by atoms with Gasteiger partial charge in [0.05, 0.1) is 27.9 Å². The Balaban J connectivity index is 2.44. The molecule has 1 N–H and O–H groups in total. The van der Waals surface area contributed by atoms with Gasteiger partial charge in [-0.3, -0.25) is 4.79 Å². The summed E-state index contributed by atoms with van der Waals surface area (Å²) in [7, 11) is -3.65. The summed E-state index contributed by atoms with van der Waals surface area (Å²) < 4.78 is 32.7. The van der Waals surface area contributed by atoms with Crippen molar-refractivity contribution in [3.63, 3.8) is 0 Å². The summed E-state index contributed by atoms with van der Waals surface area (Å²) in [5, 5.41) is 3.53. The first-order valence-corrected chi connectivity index (χ1v) is 11.0. The molecular weight excluding hydrogens is 386 g/mol. The molecule has 0 aliphatic heterocycles. The van der Waals surface area contributed by atoms with Gasteiger partial charge in [-0.2, -0.15) is 4.31 Å². The Morgan fingerprint density at radius 2 is 1.96 bits per heavy atom. The minimum Gasteiger partial charge on any atom is -0.489 e. The zero-order valence-corrected chi connectivity index (χ0v) is 17.8. The summed E-state index contributed by atoms with van der Waals surface area (Å²) >= 11 is 1.27. The Kier molecular flexibility index (Phi) is 6.96.